The Morgan fingerprint density at radius 2 is 1.54 bits per heavy atom. The van der Waals surface area contributed by atoms with Crippen LogP contribution in [-0.2, 0) is 9.47 Å². The maximum Gasteiger partial charge on any atom is 0.0707 e. The molecule has 2 rings (SSSR count). The van der Waals surface area contributed by atoms with Crippen molar-refractivity contribution in [2.24, 2.45) is 10.8 Å². The molecule has 0 aliphatic carbocycles. The van der Waals surface area contributed by atoms with Gasteiger partial charge in [0.25, 0.3) is 0 Å². The minimum Gasteiger partial charge on any atom is -0.378 e. The summed E-state index contributed by atoms with van der Waals surface area (Å²) in [4.78, 5) is 4.98. The van der Waals surface area contributed by atoms with Crippen LogP contribution in [0, 0.1) is 10.8 Å². The standard InChI is InChI=1S/C20H40N2O2/c1-19(2,3)10-16-14-23-15-17(22(16)7)11-20(4,5)12-18-13-21(6)8-9-24-18/h16-18H,8-15H2,1-7H3. The third-order valence-corrected chi connectivity index (χ3v) is 5.53. The lowest BCUT2D eigenvalue weighted by molar-refractivity contribution is -0.0721. The highest BCUT2D eigenvalue weighted by Gasteiger charge is 2.36. The lowest BCUT2D eigenvalue weighted by Gasteiger charge is -2.45. The van der Waals surface area contributed by atoms with E-state index in [-0.39, 0.29) is 5.41 Å². The fourth-order valence-electron chi connectivity index (χ4n) is 4.31. The van der Waals surface area contributed by atoms with E-state index in [2.05, 4.69) is 58.5 Å². The summed E-state index contributed by atoms with van der Waals surface area (Å²) in [6, 6.07) is 1.05. The van der Waals surface area contributed by atoms with E-state index in [1.54, 1.807) is 0 Å². The zero-order valence-corrected chi connectivity index (χ0v) is 17.1. The van der Waals surface area contributed by atoms with Gasteiger partial charge < -0.3 is 14.4 Å². The quantitative estimate of drug-likeness (QED) is 0.767. The highest BCUT2D eigenvalue weighted by Crippen LogP contribution is 2.34. The summed E-state index contributed by atoms with van der Waals surface area (Å²) in [5.41, 5.74) is 0.620. The van der Waals surface area contributed by atoms with E-state index >= 15 is 0 Å². The Labute approximate surface area is 149 Å². The number of hydrogen-bond donors (Lipinski definition) is 0. The summed E-state index contributed by atoms with van der Waals surface area (Å²) in [6.45, 7) is 16.5. The van der Waals surface area contributed by atoms with Gasteiger partial charge in [0, 0.05) is 25.2 Å². The van der Waals surface area contributed by atoms with Crippen molar-refractivity contribution in [2.45, 2.75) is 72.1 Å². The number of ether oxygens (including phenoxy) is 2. The van der Waals surface area contributed by atoms with Crippen molar-refractivity contribution >= 4 is 0 Å². The highest BCUT2D eigenvalue weighted by molar-refractivity contribution is 4.88. The van der Waals surface area contributed by atoms with Crippen LogP contribution >= 0.6 is 0 Å². The Morgan fingerprint density at radius 1 is 0.917 bits per heavy atom. The van der Waals surface area contributed by atoms with Gasteiger partial charge >= 0.3 is 0 Å². The van der Waals surface area contributed by atoms with E-state index in [9.17, 15) is 0 Å². The fraction of sp³-hybridized carbons (Fsp3) is 1.00. The Morgan fingerprint density at radius 3 is 2.12 bits per heavy atom. The Kier molecular flexibility index (Phi) is 6.74. The van der Waals surface area contributed by atoms with Gasteiger partial charge in [-0.3, -0.25) is 4.90 Å². The summed E-state index contributed by atoms with van der Waals surface area (Å²) >= 11 is 0. The van der Waals surface area contributed by atoms with Crippen molar-refractivity contribution in [3.63, 3.8) is 0 Å². The second-order valence-corrected chi connectivity index (χ2v) is 10.1. The number of nitrogens with zero attached hydrogens (tertiary/aromatic N) is 2. The molecule has 0 N–H and O–H groups in total. The maximum atomic E-state index is 6.00. The predicted molar refractivity (Wildman–Crippen MR) is 100 cm³/mol. The topological polar surface area (TPSA) is 24.9 Å². The van der Waals surface area contributed by atoms with Crippen molar-refractivity contribution in [1.82, 2.24) is 9.80 Å². The Hall–Kier alpha value is -0.160. The van der Waals surface area contributed by atoms with Gasteiger partial charge in [0.15, 0.2) is 0 Å². The molecule has 0 radical (unpaired) electrons. The molecular weight excluding hydrogens is 300 g/mol. The first-order valence-electron chi connectivity index (χ1n) is 9.66. The second-order valence-electron chi connectivity index (χ2n) is 10.1. The Balaban J connectivity index is 1.90. The van der Waals surface area contributed by atoms with Gasteiger partial charge in [-0.1, -0.05) is 34.6 Å². The molecule has 0 aromatic heterocycles. The van der Waals surface area contributed by atoms with Gasteiger partial charge in [-0.05, 0) is 44.2 Å². The summed E-state index contributed by atoms with van der Waals surface area (Å²) < 4.78 is 12.0. The van der Waals surface area contributed by atoms with Crippen molar-refractivity contribution in [3.05, 3.63) is 0 Å². The van der Waals surface area contributed by atoms with Gasteiger partial charge in [-0.25, -0.2) is 0 Å². The third kappa shape index (κ3) is 6.29. The zero-order chi connectivity index (χ0) is 18.0. The summed E-state index contributed by atoms with van der Waals surface area (Å²) in [5, 5.41) is 0. The molecule has 0 saturated carbocycles. The zero-order valence-electron chi connectivity index (χ0n) is 17.1. The molecule has 0 bridgehead atoms. The molecule has 2 aliphatic heterocycles. The normalized spacial score (nSPS) is 31.4. The van der Waals surface area contributed by atoms with E-state index in [1.807, 2.05) is 0 Å². The van der Waals surface area contributed by atoms with Crippen LogP contribution < -0.4 is 0 Å². The van der Waals surface area contributed by atoms with E-state index < -0.39 is 0 Å². The van der Waals surface area contributed by atoms with Gasteiger partial charge in [-0.15, -0.1) is 0 Å². The molecule has 4 nitrogen and oxygen atoms in total. The molecule has 2 heterocycles. The molecule has 24 heavy (non-hydrogen) atoms. The molecule has 3 unspecified atom stereocenters. The molecule has 2 aliphatic rings. The van der Waals surface area contributed by atoms with Crippen molar-refractivity contribution in [2.75, 3.05) is 47.0 Å². The highest BCUT2D eigenvalue weighted by atomic mass is 16.5. The van der Waals surface area contributed by atoms with Gasteiger partial charge in [0.2, 0.25) is 0 Å². The SMILES string of the molecule is CN1CCOC(CC(C)(C)CC2COCC(CC(C)(C)C)N2C)C1. The average Bonchev–Trinajstić information content (AvgIpc) is 2.41. The first kappa shape index (κ1) is 20.2. The molecule has 4 heteroatoms. The van der Waals surface area contributed by atoms with Crippen LogP contribution in [0.1, 0.15) is 53.9 Å². The lowest BCUT2D eigenvalue weighted by atomic mass is 9.79. The van der Waals surface area contributed by atoms with Crippen molar-refractivity contribution in [3.8, 4) is 0 Å². The lowest BCUT2D eigenvalue weighted by Crippen LogP contribution is -2.52. The Bertz CT molecular complexity index is 392. The van der Waals surface area contributed by atoms with Crippen LogP contribution in [-0.4, -0.2) is 75.0 Å². The van der Waals surface area contributed by atoms with Crippen molar-refractivity contribution < 1.29 is 9.47 Å². The molecule has 2 fully saturated rings. The molecule has 142 valence electrons. The van der Waals surface area contributed by atoms with Crippen LogP contribution in [0.25, 0.3) is 0 Å². The van der Waals surface area contributed by atoms with Gasteiger partial charge in [-0.2, -0.15) is 0 Å². The predicted octanol–water partition coefficient (Wildman–Crippen LogP) is 3.26. The smallest absolute Gasteiger partial charge is 0.0707 e. The van der Waals surface area contributed by atoms with Crippen LogP contribution in [0.3, 0.4) is 0 Å². The maximum absolute atomic E-state index is 6.00. The molecule has 0 aromatic rings. The molecule has 2 saturated heterocycles. The summed E-state index contributed by atoms with van der Waals surface area (Å²) in [7, 11) is 4.49. The first-order valence-corrected chi connectivity index (χ1v) is 9.66. The van der Waals surface area contributed by atoms with Gasteiger partial charge in [0.1, 0.15) is 0 Å². The van der Waals surface area contributed by atoms with Gasteiger partial charge in [0.05, 0.1) is 25.9 Å². The monoisotopic (exact) mass is 340 g/mol. The van der Waals surface area contributed by atoms with E-state index in [4.69, 9.17) is 9.47 Å². The third-order valence-electron chi connectivity index (χ3n) is 5.53. The van der Waals surface area contributed by atoms with Crippen LogP contribution in [0.2, 0.25) is 0 Å². The number of hydrogen-bond acceptors (Lipinski definition) is 4. The molecule has 0 spiro atoms. The first-order chi connectivity index (χ1) is 11.1. The minimum absolute atomic E-state index is 0.273. The van der Waals surface area contributed by atoms with E-state index in [0.29, 0.717) is 23.6 Å². The molecule has 3 atom stereocenters. The van der Waals surface area contributed by atoms with Crippen LogP contribution in [0.15, 0.2) is 0 Å². The molecule has 0 amide bonds. The second kappa shape index (κ2) is 8.03. The van der Waals surface area contributed by atoms with Crippen molar-refractivity contribution in [1.29, 1.82) is 0 Å². The molecular formula is C20H40N2O2. The molecule has 0 aromatic carbocycles. The fourth-order valence-corrected chi connectivity index (χ4v) is 4.31. The number of rotatable bonds is 5. The number of likely N-dealkylation sites (N-methyl/N-ethyl adjacent to an activating group) is 2. The number of morpholine rings is 2. The summed E-state index contributed by atoms with van der Waals surface area (Å²) in [5.74, 6) is 0. The van der Waals surface area contributed by atoms with Crippen LogP contribution in [0.4, 0.5) is 0 Å². The largest absolute Gasteiger partial charge is 0.378 e. The van der Waals surface area contributed by atoms with E-state index in [1.165, 1.54) is 12.8 Å². The average molecular weight is 341 g/mol. The minimum atomic E-state index is 0.273. The summed E-state index contributed by atoms with van der Waals surface area (Å²) in [6.07, 6.45) is 3.87. The van der Waals surface area contributed by atoms with E-state index in [0.717, 1.165) is 39.3 Å². The van der Waals surface area contributed by atoms with Crippen LogP contribution in [0.5, 0.6) is 0 Å².